The summed E-state index contributed by atoms with van der Waals surface area (Å²) < 4.78 is 1.89. The lowest BCUT2D eigenvalue weighted by atomic mass is 10.2. The van der Waals surface area contributed by atoms with Gasteiger partial charge in [-0.15, -0.1) is 0 Å². The molecule has 3 heteroatoms. The van der Waals surface area contributed by atoms with Crippen LogP contribution < -0.4 is 0 Å². The SMILES string of the molecule is SCCc1cnn2ccccc12. The predicted molar refractivity (Wildman–Crippen MR) is 52.7 cm³/mol. The molecular weight excluding hydrogens is 168 g/mol. The lowest BCUT2D eigenvalue weighted by molar-refractivity contribution is 0.961. The highest BCUT2D eigenvalue weighted by Gasteiger charge is 2.00. The van der Waals surface area contributed by atoms with E-state index >= 15 is 0 Å². The predicted octanol–water partition coefficient (Wildman–Crippen LogP) is 1.81. The lowest BCUT2D eigenvalue weighted by Gasteiger charge is -1.94. The number of hydrogen-bond donors (Lipinski definition) is 1. The van der Waals surface area contributed by atoms with Crippen molar-refractivity contribution in [3.63, 3.8) is 0 Å². The van der Waals surface area contributed by atoms with Crippen molar-refractivity contribution in [3.05, 3.63) is 36.2 Å². The molecule has 2 aromatic rings. The minimum absolute atomic E-state index is 0.871. The first kappa shape index (κ1) is 7.68. The first-order valence-corrected chi connectivity index (χ1v) is 4.57. The van der Waals surface area contributed by atoms with Gasteiger partial charge >= 0.3 is 0 Å². The van der Waals surface area contributed by atoms with Gasteiger partial charge in [-0.1, -0.05) is 6.07 Å². The Hall–Kier alpha value is -0.960. The number of nitrogens with zero attached hydrogens (tertiary/aromatic N) is 2. The number of hydrogen-bond acceptors (Lipinski definition) is 2. The van der Waals surface area contributed by atoms with E-state index in [4.69, 9.17) is 0 Å². The summed E-state index contributed by atoms with van der Waals surface area (Å²) in [4.78, 5) is 0. The molecule has 2 aromatic heterocycles. The van der Waals surface area contributed by atoms with E-state index in [2.05, 4.69) is 23.8 Å². The van der Waals surface area contributed by atoms with Gasteiger partial charge in [0, 0.05) is 6.20 Å². The minimum Gasteiger partial charge on any atom is -0.241 e. The standard InChI is InChI=1S/C9H10N2S/c12-6-4-8-7-10-11-5-2-1-3-9(8)11/h1-3,5,7,12H,4,6H2. The summed E-state index contributed by atoms with van der Waals surface area (Å²) in [5.74, 6) is 0.871. The molecule has 0 radical (unpaired) electrons. The van der Waals surface area contributed by atoms with Crippen LogP contribution in [-0.2, 0) is 6.42 Å². The van der Waals surface area contributed by atoms with Gasteiger partial charge in [0.2, 0.25) is 0 Å². The van der Waals surface area contributed by atoms with Gasteiger partial charge in [-0.25, -0.2) is 4.52 Å². The molecule has 62 valence electrons. The van der Waals surface area contributed by atoms with Crippen LogP contribution >= 0.6 is 12.6 Å². The van der Waals surface area contributed by atoms with Crippen LogP contribution in [0.25, 0.3) is 5.52 Å². The molecule has 12 heavy (non-hydrogen) atoms. The van der Waals surface area contributed by atoms with Crippen molar-refractivity contribution in [2.24, 2.45) is 0 Å². The Bertz CT molecular complexity index is 381. The fourth-order valence-corrected chi connectivity index (χ4v) is 1.54. The molecule has 0 spiro atoms. The molecule has 2 nitrogen and oxygen atoms in total. The Kier molecular flexibility index (Phi) is 2.04. The van der Waals surface area contributed by atoms with Gasteiger partial charge in [-0.2, -0.15) is 17.7 Å². The zero-order valence-corrected chi connectivity index (χ0v) is 7.54. The van der Waals surface area contributed by atoms with Crippen molar-refractivity contribution >= 4 is 18.1 Å². The van der Waals surface area contributed by atoms with Crippen LogP contribution in [0, 0.1) is 0 Å². The molecule has 0 aliphatic carbocycles. The first-order valence-electron chi connectivity index (χ1n) is 3.94. The van der Waals surface area contributed by atoms with Crippen LogP contribution in [0.15, 0.2) is 30.6 Å². The summed E-state index contributed by atoms with van der Waals surface area (Å²) in [6.07, 6.45) is 4.85. The maximum absolute atomic E-state index is 4.22. The summed E-state index contributed by atoms with van der Waals surface area (Å²) in [5, 5.41) is 4.22. The van der Waals surface area contributed by atoms with Crippen LogP contribution in [0.5, 0.6) is 0 Å². The van der Waals surface area contributed by atoms with Crippen molar-refractivity contribution < 1.29 is 0 Å². The molecule has 0 saturated carbocycles. The third kappa shape index (κ3) is 1.20. The maximum atomic E-state index is 4.22. The minimum atomic E-state index is 0.871. The van der Waals surface area contributed by atoms with Gasteiger partial charge in [0.1, 0.15) is 0 Å². The number of thiol groups is 1. The third-order valence-electron chi connectivity index (χ3n) is 1.89. The summed E-state index contributed by atoms with van der Waals surface area (Å²) in [6, 6.07) is 6.08. The number of aromatic nitrogens is 2. The maximum Gasteiger partial charge on any atom is 0.0693 e. The average molecular weight is 178 g/mol. The molecule has 0 amide bonds. The van der Waals surface area contributed by atoms with E-state index in [9.17, 15) is 0 Å². The molecule has 0 aliphatic rings. The van der Waals surface area contributed by atoms with Crippen molar-refractivity contribution in [3.8, 4) is 0 Å². The molecule has 2 rings (SSSR count). The third-order valence-corrected chi connectivity index (χ3v) is 2.11. The average Bonchev–Trinajstić information content (AvgIpc) is 2.50. The summed E-state index contributed by atoms with van der Waals surface area (Å²) >= 11 is 4.20. The molecule has 2 heterocycles. The van der Waals surface area contributed by atoms with E-state index in [-0.39, 0.29) is 0 Å². The second kappa shape index (κ2) is 3.19. The van der Waals surface area contributed by atoms with Gasteiger partial charge in [0.15, 0.2) is 0 Å². The van der Waals surface area contributed by atoms with E-state index in [1.807, 2.05) is 29.0 Å². The molecule has 0 bridgehead atoms. The molecule has 0 N–H and O–H groups in total. The van der Waals surface area contributed by atoms with Gasteiger partial charge in [0.05, 0.1) is 11.7 Å². The molecule has 0 saturated heterocycles. The smallest absolute Gasteiger partial charge is 0.0693 e. The molecule has 0 unspecified atom stereocenters. The molecule has 0 fully saturated rings. The van der Waals surface area contributed by atoms with E-state index < -0.39 is 0 Å². The van der Waals surface area contributed by atoms with Crippen molar-refractivity contribution in [1.82, 2.24) is 9.61 Å². The summed E-state index contributed by atoms with van der Waals surface area (Å²) in [5.41, 5.74) is 2.46. The molecular formula is C9H10N2S. The molecule has 0 aromatic carbocycles. The second-order valence-corrected chi connectivity index (χ2v) is 3.12. The fourth-order valence-electron chi connectivity index (χ4n) is 1.30. The highest BCUT2D eigenvalue weighted by atomic mass is 32.1. The van der Waals surface area contributed by atoms with Gasteiger partial charge in [-0.3, -0.25) is 0 Å². The zero-order chi connectivity index (χ0) is 8.39. The van der Waals surface area contributed by atoms with Crippen molar-refractivity contribution in [1.29, 1.82) is 0 Å². The van der Waals surface area contributed by atoms with Gasteiger partial charge < -0.3 is 0 Å². The lowest BCUT2D eigenvalue weighted by Crippen LogP contribution is -1.86. The van der Waals surface area contributed by atoms with Crippen LogP contribution in [-0.4, -0.2) is 15.4 Å². The van der Waals surface area contributed by atoms with Crippen LogP contribution in [0.4, 0.5) is 0 Å². The van der Waals surface area contributed by atoms with Crippen molar-refractivity contribution in [2.75, 3.05) is 5.75 Å². The largest absolute Gasteiger partial charge is 0.241 e. The normalized spacial score (nSPS) is 10.8. The Balaban J connectivity index is 2.55. The number of pyridine rings is 1. The van der Waals surface area contributed by atoms with Crippen molar-refractivity contribution in [2.45, 2.75) is 6.42 Å². The summed E-state index contributed by atoms with van der Waals surface area (Å²) in [7, 11) is 0. The highest BCUT2D eigenvalue weighted by Crippen LogP contribution is 2.10. The number of fused-ring (bicyclic) bond motifs is 1. The van der Waals surface area contributed by atoms with Crippen LogP contribution in [0.2, 0.25) is 0 Å². The number of rotatable bonds is 2. The summed E-state index contributed by atoms with van der Waals surface area (Å²) in [6.45, 7) is 0. The zero-order valence-electron chi connectivity index (χ0n) is 6.64. The van der Waals surface area contributed by atoms with Crippen LogP contribution in [0.3, 0.4) is 0 Å². The molecule has 0 aliphatic heterocycles. The topological polar surface area (TPSA) is 17.3 Å². The second-order valence-electron chi connectivity index (χ2n) is 2.67. The first-order chi connectivity index (χ1) is 5.92. The van der Waals surface area contributed by atoms with Gasteiger partial charge in [-0.05, 0) is 29.9 Å². The highest BCUT2D eigenvalue weighted by molar-refractivity contribution is 7.80. The monoisotopic (exact) mass is 178 g/mol. The van der Waals surface area contributed by atoms with E-state index in [1.165, 1.54) is 11.1 Å². The van der Waals surface area contributed by atoms with E-state index in [0.29, 0.717) is 0 Å². The van der Waals surface area contributed by atoms with Crippen LogP contribution in [0.1, 0.15) is 5.56 Å². The Morgan fingerprint density at radius 1 is 1.42 bits per heavy atom. The molecule has 0 atom stereocenters. The van der Waals surface area contributed by atoms with E-state index in [1.54, 1.807) is 0 Å². The quantitative estimate of drug-likeness (QED) is 0.694. The Morgan fingerprint density at radius 2 is 2.33 bits per heavy atom. The fraction of sp³-hybridized carbons (Fsp3) is 0.222. The van der Waals surface area contributed by atoms with E-state index in [0.717, 1.165) is 12.2 Å². The Morgan fingerprint density at radius 3 is 3.17 bits per heavy atom. The van der Waals surface area contributed by atoms with Gasteiger partial charge in [0.25, 0.3) is 0 Å². The number of aryl methyl sites for hydroxylation is 1. The Labute approximate surface area is 76.6 Å².